The molecule has 2 nitrogen and oxygen atoms in total. The van der Waals surface area contributed by atoms with Gasteiger partial charge in [0.1, 0.15) is 0 Å². The van der Waals surface area contributed by atoms with Crippen LogP contribution >= 0.6 is 0 Å². The van der Waals surface area contributed by atoms with Gasteiger partial charge in [0, 0.05) is 0 Å². The van der Waals surface area contributed by atoms with E-state index in [2.05, 4.69) is 32.6 Å². The van der Waals surface area contributed by atoms with E-state index in [9.17, 15) is 0 Å². The lowest BCUT2D eigenvalue weighted by atomic mass is 10.3. The van der Waals surface area contributed by atoms with Crippen molar-refractivity contribution in [3.8, 4) is 6.07 Å². The fraction of sp³-hybridized carbons (Fsp3) is 0.700. The number of unbranched alkanes of at least 4 members (excludes halogenated alkanes) is 1. The van der Waals surface area contributed by atoms with Gasteiger partial charge in [0.15, 0.2) is 14.4 Å². The predicted molar refractivity (Wildman–Crippen MR) is 57.9 cm³/mol. The Morgan fingerprint density at radius 1 is 1.46 bits per heavy atom. The molecule has 0 aliphatic heterocycles. The van der Waals surface area contributed by atoms with Crippen LogP contribution in [0.25, 0.3) is 0 Å². The van der Waals surface area contributed by atoms with Gasteiger partial charge in [-0.15, -0.1) is 0 Å². The summed E-state index contributed by atoms with van der Waals surface area (Å²) in [4.78, 5) is 0. The minimum absolute atomic E-state index is 0.349. The molecule has 0 aromatic rings. The second kappa shape index (κ2) is 5.95. The molecule has 0 heterocycles. The van der Waals surface area contributed by atoms with E-state index in [1.165, 1.54) is 0 Å². The Morgan fingerprint density at radius 3 is 2.46 bits per heavy atom. The summed E-state index contributed by atoms with van der Waals surface area (Å²) in [6.45, 7) is 8.38. The fourth-order valence-electron chi connectivity index (χ4n) is 0.876. The molecule has 0 radical (unpaired) electrons. The first-order valence-corrected chi connectivity index (χ1v) is 8.14. The summed E-state index contributed by atoms with van der Waals surface area (Å²) in [7, 11) is -1.58. The summed E-state index contributed by atoms with van der Waals surface area (Å²) >= 11 is 0. The van der Waals surface area contributed by atoms with E-state index in [-0.39, 0.29) is 6.10 Å². The number of allylic oxidation sites excluding steroid dienone is 1. The number of nitriles is 1. The Morgan fingerprint density at radius 2 is 2.08 bits per heavy atom. The summed E-state index contributed by atoms with van der Waals surface area (Å²) < 4.78 is 5.62. The van der Waals surface area contributed by atoms with Crippen LogP contribution in [-0.4, -0.2) is 14.4 Å². The van der Waals surface area contributed by atoms with Crippen molar-refractivity contribution in [2.45, 2.75) is 45.5 Å². The Kier molecular flexibility index (Phi) is 5.68. The molecule has 0 bridgehead atoms. The molecule has 74 valence electrons. The van der Waals surface area contributed by atoms with Crippen LogP contribution in [0.2, 0.25) is 19.6 Å². The lowest BCUT2D eigenvalue weighted by Crippen LogP contribution is -2.30. The van der Waals surface area contributed by atoms with Crippen molar-refractivity contribution in [2.75, 3.05) is 0 Å². The normalized spacial score (nSPS) is 14.4. The lowest BCUT2D eigenvalue weighted by Gasteiger charge is -2.19. The molecule has 0 rings (SSSR count). The Bertz CT molecular complexity index is 200. The van der Waals surface area contributed by atoms with E-state index < -0.39 is 8.32 Å². The largest absolute Gasteiger partial charge is 0.399 e. The summed E-state index contributed by atoms with van der Waals surface area (Å²) in [5.41, 5.74) is 0. The van der Waals surface area contributed by atoms with Gasteiger partial charge in [-0.1, -0.05) is 19.4 Å². The number of nitrogens with zero attached hydrogens (tertiary/aromatic N) is 1. The zero-order chi connectivity index (χ0) is 10.3. The highest BCUT2D eigenvalue weighted by atomic mass is 28.4. The maximum absolute atomic E-state index is 8.78. The van der Waals surface area contributed by atoms with Gasteiger partial charge in [-0.3, -0.25) is 0 Å². The molecule has 0 N–H and O–H groups in total. The first kappa shape index (κ1) is 12.4. The second-order valence-electron chi connectivity index (χ2n) is 4.00. The summed E-state index contributed by atoms with van der Waals surface area (Å²) in [5, 5.41) is 8.78. The molecule has 0 aromatic carbocycles. The first-order chi connectivity index (χ1) is 5.99. The maximum atomic E-state index is 8.78. The van der Waals surface area contributed by atoms with E-state index in [0.29, 0.717) is 0 Å². The van der Waals surface area contributed by atoms with E-state index in [1.54, 1.807) is 0 Å². The van der Waals surface area contributed by atoms with Crippen LogP contribution in [0.15, 0.2) is 12.2 Å². The van der Waals surface area contributed by atoms with Crippen molar-refractivity contribution in [1.29, 1.82) is 5.26 Å². The molecule has 0 unspecified atom stereocenters. The number of hydrogen-bond donors (Lipinski definition) is 0. The van der Waals surface area contributed by atoms with Crippen LogP contribution < -0.4 is 0 Å². The SMILES string of the molecule is CCC/C=C/[C@H](C#N)O[Si](C)(C)C. The van der Waals surface area contributed by atoms with Gasteiger partial charge in [-0.2, -0.15) is 5.26 Å². The second-order valence-corrected chi connectivity index (χ2v) is 8.46. The van der Waals surface area contributed by atoms with Gasteiger partial charge in [0.2, 0.25) is 0 Å². The molecule has 0 aliphatic carbocycles. The molecule has 0 saturated heterocycles. The van der Waals surface area contributed by atoms with Crippen LogP contribution in [0.1, 0.15) is 19.8 Å². The lowest BCUT2D eigenvalue weighted by molar-refractivity contribution is 0.295. The number of rotatable bonds is 5. The molecule has 1 atom stereocenters. The van der Waals surface area contributed by atoms with E-state index in [0.717, 1.165) is 12.8 Å². The van der Waals surface area contributed by atoms with Crippen LogP contribution in [-0.2, 0) is 4.43 Å². The van der Waals surface area contributed by atoms with Crippen LogP contribution in [0.4, 0.5) is 0 Å². The highest BCUT2D eigenvalue weighted by Gasteiger charge is 2.18. The number of hydrogen-bond acceptors (Lipinski definition) is 2. The van der Waals surface area contributed by atoms with Crippen molar-refractivity contribution in [1.82, 2.24) is 0 Å². The van der Waals surface area contributed by atoms with Gasteiger partial charge >= 0.3 is 0 Å². The molecule has 0 spiro atoms. The predicted octanol–water partition coefficient (Wildman–Crippen LogP) is 3.09. The summed E-state index contributed by atoms with van der Waals surface area (Å²) in [6.07, 6.45) is 5.67. The van der Waals surface area contributed by atoms with Crippen LogP contribution in [0, 0.1) is 11.3 Å². The first-order valence-electron chi connectivity index (χ1n) is 4.73. The topological polar surface area (TPSA) is 33.0 Å². The zero-order valence-electron chi connectivity index (χ0n) is 9.00. The molecular weight excluding hydrogens is 178 g/mol. The van der Waals surface area contributed by atoms with Crippen molar-refractivity contribution < 1.29 is 4.43 Å². The van der Waals surface area contributed by atoms with Crippen molar-refractivity contribution in [3.63, 3.8) is 0 Å². The average Bonchev–Trinajstić information content (AvgIpc) is 2.01. The molecule has 0 amide bonds. The zero-order valence-corrected chi connectivity index (χ0v) is 10.0. The van der Waals surface area contributed by atoms with Crippen molar-refractivity contribution in [2.24, 2.45) is 0 Å². The van der Waals surface area contributed by atoms with Gasteiger partial charge < -0.3 is 4.43 Å². The standard InChI is InChI=1S/C10H19NOSi/c1-5-6-7-8-10(9-11)12-13(2,3)4/h7-8,10H,5-6H2,1-4H3/b8-7+/t10-/m1/s1. The molecule has 13 heavy (non-hydrogen) atoms. The Hall–Kier alpha value is -0.593. The Balaban J connectivity index is 3.99. The molecule has 0 saturated carbocycles. The average molecular weight is 197 g/mol. The maximum Gasteiger partial charge on any atom is 0.185 e. The molecule has 0 aromatic heterocycles. The van der Waals surface area contributed by atoms with Gasteiger partial charge in [0.05, 0.1) is 6.07 Å². The highest BCUT2D eigenvalue weighted by Crippen LogP contribution is 2.08. The van der Waals surface area contributed by atoms with Crippen LogP contribution in [0.5, 0.6) is 0 Å². The van der Waals surface area contributed by atoms with E-state index in [1.807, 2.05) is 12.2 Å². The van der Waals surface area contributed by atoms with Crippen molar-refractivity contribution in [3.05, 3.63) is 12.2 Å². The third-order valence-electron chi connectivity index (χ3n) is 1.37. The van der Waals surface area contributed by atoms with Gasteiger partial charge in [0.25, 0.3) is 0 Å². The van der Waals surface area contributed by atoms with Crippen LogP contribution in [0.3, 0.4) is 0 Å². The highest BCUT2D eigenvalue weighted by molar-refractivity contribution is 6.69. The summed E-state index contributed by atoms with van der Waals surface area (Å²) in [5.74, 6) is 0. The molecule has 3 heteroatoms. The molecule has 0 aliphatic rings. The van der Waals surface area contributed by atoms with Crippen molar-refractivity contribution >= 4 is 8.32 Å². The molecular formula is C10H19NOSi. The smallest absolute Gasteiger partial charge is 0.185 e. The third-order valence-corrected chi connectivity index (χ3v) is 2.34. The van der Waals surface area contributed by atoms with E-state index in [4.69, 9.17) is 9.69 Å². The summed E-state index contributed by atoms with van der Waals surface area (Å²) in [6, 6.07) is 2.14. The van der Waals surface area contributed by atoms with E-state index >= 15 is 0 Å². The van der Waals surface area contributed by atoms with Gasteiger partial charge in [-0.05, 0) is 32.1 Å². The fourth-order valence-corrected chi connectivity index (χ4v) is 1.77. The minimum atomic E-state index is -1.58. The Labute approximate surface area is 82.3 Å². The quantitative estimate of drug-likeness (QED) is 0.501. The molecule has 0 fully saturated rings. The third kappa shape index (κ3) is 7.76. The monoisotopic (exact) mass is 197 g/mol. The van der Waals surface area contributed by atoms with Gasteiger partial charge in [-0.25, -0.2) is 0 Å². The minimum Gasteiger partial charge on any atom is -0.399 e.